The molecule has 0 aliphatic carbocycles. The first-order chi connectivity index (χ1) is 9.58. The SMILES string of the molecule is CCCC(C)(CNCC)Cc1cc(Cl)cc2c1OCC2. The first-order valence-corrected chi connectivity index (χ1v) is 8.10. The minimum absolute atomic E-state index is 0.259. The van der Waals surface area contributed by atoms with Crippen LogP contribution in [-0.4, -0.2) is 19.7 Å². The molecule has 0 aromatic heterocycles. The number of halogens is 1. The number of fused-ring (bicyclic) bond motifs is 1. The molecule has 0 fully saturated rings. The zero-order valence-electron chi connectivity index (χ0n) is 12.9. The Balaban J connectivity index is 2.22. The molecule has 20 heavy (non-hydrogen) atoms. The normalized spacial score (nSPS) is 16.6. The highest BCUT2D eigenvalue weighted by Crippen LogP contribution is 2.38. The summed E-state index contributed by atoms with van der Waals surface area (Å²) in [5, 5.41) is 4.34. The van der Waals surface area contributed by atoms with Gasteiger partial charge in [0, 0.05) is 18.0 Å². The summed E-state index contributed by atoms with van der Waals surface area (Å²) < 4.78 is 5.83. The summed E-state index contributed by atoms with van der Waals surface area (Å²) in [5.74, 6) is 1.09. The van der Waals surface area contributed by atoms with Gasteiger partial charge in [0.25, 0.3) is 0 Å². The molecule has 1 atom stereocenters. The van der Waals surface area contributed by atoms with Crippen molar-refractivity contribution >= 4 is 11.6 Å². The van der Waals surface area contributed by atoms with Gasteiger partial charge in [-0.05, 0) is 48.1 Å². The van der Waals surface area contributed by atoms with Crippen LogP contribution in [0.3, 0.4) is 0 Å². The van der Waals surface area contributed by atoms with E-state index in [1.807, 2.05) is 0 Å². The van der Waals surface area contributed by atoms with Crippen molar-refractivity contribution in [2.24, 2.45) is 5.41 Å². The second-order valence-corrected chi connectivity index (χ2v) is 6.61. The van der Waals surface area contributed by atoms with Crippen LogP contribution in [0.15, 0.2) is 12.1 Å². The molecule has 3 heteroatoms. The van der Waals surface area contributed by atoms with Crippen molar-refractivity contribution in [3.05, 3.63) is 28.3 Å². The third-order valence-electron chi connectivity index (χ3n) is 4.10. The number of nitrogens with one attached hydrogen (secondary N) is 1. The second-order valence-electron chi connectivity index (χ2n) is 6.17. The third-order valence-corrected chi connectivity index (χ3v) is 4.32. The lowest BCUT2D eigenvalue weighted by molar-refractivity contribution is 0.271. The van der Waals surface area contributed by atoms with Crippen LogP contribution >= 0.6 is 11.6 Å². The van der Waals surface area contributed by atoms with Crippen LogP contribution in [0.1, 0.15) is 44.7 Å². The Hall–Kier alpha value is -0.730. The smallest absolute Gasteiger partial charge is 0.125 e. The van der Waals surface area contributed by atoms with Gasteiger partial charge in [0.2, 0.25) is 0 Å². The molecule has 112 valence electrons. The first kappa shape index (κ1) is 15.7. The maximum atomic E-state index is 6.27. The van der Waals surface area contributed by atoms with E-state index < -0.39 is 0 Å². The Morgan fingerprint density at radius 3 is 2.85 bits per heavy atom. The molecule has 1 aliphatic rings. The molecule has 0 spiro atoms. The van der Waals surface area contributed by atoms with E-state index in [1.165, 1.54) is 24.0 Å². The molecule has 0 saturated carbocycles. The zero-order chi connectivity index (χ0) is 14.6. The summed E-state index contributed by atoms with van der Waals surface area (Å²) in [6.45, 7) is 9.62. The monoisotopic (exact) mass is 295 g/mol. The van der Waals surface area contributed by atoms with E-state index in [4.69, 9.17) is 16.3 Å². The molecular formula is C17H26ClNO. The van der Waals surface area contributed by atoms with Crippen LogP contribution < -0.4 is 10.1 Å². The predicted octanol–water partition coefficient (Wildman–Crippen LogP) is 4.23. The number of hydrogen-bond acceptors (Lipinski definition) is 2. The largest absolute Gasteiger partial charge is 0.493 e. The predicted molar refractivity (Wildman–Crippen MR) is 85.9 cm³/mol. The standard InChI is InChI=1S/C17H26ClNO/c1-4-7-17(3,12-19-5-2)11-14-10-15(18)9-13-6-8-20-16(13)14/h9-10,19H,4-8,11-12H2,1-3H3. The van der Waals surface area contributed by atoms with Crippen molar-refractivity contribution in [3.63, 3.8) is 0 Å². The van der Waals surface area contributed by atoms with Crippen molar-refractivity contribution in [2.45, 2.75) is 46.5 Å². The molecule has 1 aromatic rings. The summed E-state index contributed by atoms with van der Waals surface area (Å²) >= 11 is 6.27. The van der Waals surface area contributed by atoms with Crippen molar-refractivity contribution in [1.29, 1.82) is 0 Å². The summed E-state index contributed by atoms with van der Waals surface area (Å²) in [6.07, 6.45) is 4.42. The molecular weight excluding hydrogens is 270 g/mol. The average Bonchev–Trinajstić information content (AvgIpc) is 2.85. The first-order valence-electron chi connectivity index (χ1n) is 7.73. The molecule has 0 radical (unpaired) electrons. The number of ether oxygens (including phenoxy) is 1. The summed E-state index contributed by atoms with van der Waals surface area (Å²) in [5.41, 5.74) is 2.81. The van der Waals surface area contributed by atoms with Crippen LogP contribution in [0.2, 0.25) is 5.02 Å². The van der Waals surface area contributed by atoms with Gasteiger partial charge in [0.15, 0.2) is 0 Å². The van der Waals surface area contributed by atoms with Crippen molar-refractivity contribution < 1.29 is 4.74 Å². The van der Waals surface area contributed by atoms with Crippen LogP contribution in [0.4, 0.5) is 0 Å². The number of benzene rings is 1. The maximum Gasteiger partial charge on any atom is 0.125 e. The number of rotatable bonds is 7. The molecule has 0 saturated heterocycles. The molecule has 2 rings (SSSR count). The van der Waals surface area contributed by atoms with Crippen LogP contribution in [0.5, 0.6) is 5.75 Å². The Labute approximate surface area is 127 Å². The van der Waals surface area contributed by atoms with Crippen molar-refractivity contribution in [3.8, 4) is 5.75 Å². The van der Waals surface area contributed by atoms with Gasteiger partial charge in [0.05, 0.1) is 6.61 Å². The summed E-state index contributed by atoms with van der Waals surface area (Å²) in [7, 11) is 0. The minimum Gasteiger partial charge on any atom is -0.493 e. The van der Waals surface area contributed by atoms with Gasteiger partial charge >= 0.3 is 0 Å². The van der Waals surface area contributed by atoms with E-state index in [0.29, 0.717) is 0 Å². The van der Waals surface area contributed by atoms with Crippen molar-refractivity contribution in [2.75, 3.05) is 19.7 Å². The average molecular weight is 296 g/mol. The van der Waals surface area contributed by atoms with Gasteiger partial charge in [-0.3, -0.25) is 0 Å². The highest BCUT2D eigenvalue weighted by Gasteiger charge is 2.27. The minimum atomic E-state index is 0.259. The molecule has 1 unspecified atom stereocenters. The lowest BCUT2D eigenvalue weighted by Gasteiger charge is -2.30. The fourth-order valence-electron chi connectivity index (χ4n) is 3.21. The van der Waals surface area contributed by atoms with Crippen LogP contribution in [0, 0.1) is 5.41 Å². The van der Waals surface area contributed by atoms with Gasteiger partial charge < -0.3 is 10.1 Å². The van der Waals surface area contributed by atoms with Gasteiger partial charge in [-0.2, -0.15) is 0 Å². The van der Waals surface area contributed by atoms with E-state index >= 15 is 0 Å². The lowest BCUT2D eigenvalue weighted by Crippen LogP contribution is -2.33. The highest BCUT2D eigenvalue weighted by atomic mass is 35.5. The molecule has 0 amide bonds. The lowest BCUT2D eigenvalue weighted by atomic mass is 9.79. The molecule has 1 heterocycles. The summed E-state index contributed by atoms with van der Waals surface area (Å²) in [6, 6.07) is 4.14. The van der Waals surface area contributed by atoms with E-state index in [2.05, 4.69) is 38.2 Å². The van der Waals surface area contributed by atoms with E-state index in [9.17, 15) is 0 Å². The van der Waals surface area contributed by atoms with Gasteiger partial charge in [-0.1, -0.05) is 38.8 Å². The fraction of sp³-hybridized carbons (Fsp3) is 0.647. The van der Waals surface area contributed by atoms with Crippen molar-refractivity contribution in [1.82, 2.24) is 5.32 Å². The molecule has 1 N–H and O–H groups in total. The fourth-order valence-corrected chi connectivity index (χ4v) is 3.47. The zero-order valence-corrected chi connectivity index (χ0v) is 13.6. The third kappa shape index (κ3) is 3.67. The number of hydrogen-bond donors (Lipinski definition) is 1. The maximum absolute atomic E-state index is 6.27. The summed E-state index contributed by atoms with van der Waals surface area (Å²) in [4.78, 5) is 0. The quantitative estimate of drug-likeness (QED) is 0.812. The molecule has 0 bridgehead atoms. The Morgan fingerprint density at radius 1 is 1.35 bits per heavy atom. The molecule has 1 aliphatic heterocycles. The van der Waals surface area contributed by atoms with E-state index in [1.54, 1.807) is 0 Å². The Bertz CT molecular complexity index is 461. The Kier molecular flexibility index (Phi) is 5.34. The van der Waals surface area contributed by atoms with Gasteiger partial charge in [0.1, 0.15) is 5.75 Å². The highest BCUT2D eigenvalue weighted by molar-refractivity contribution is 6.30. The Morgan fingerprint density at radius 2 is 2.15 bits per heavy atom. The topological polar surface area (TPSA) is 21.3 Å². The van der Waals surface area contributed by atoms with Crippen LogP contribution in [0.25, 0.3) is 0 Å². The van der Waals surface area contributed by atoms with Gasteiger partial charge in [-0.15, -0.1) is 0 Å². The molecule has 2 nitrogen and oxygen atoms in total. The van der Waals surface area contributed by atoms with E-state index in [0.717, 1.165) is 43.3 Å². The van der Waals surface area contributed by atoms with E-state index in [-0.39, 0.29) is 5.41 Å². The second kappa shape index (κ2) is 6.82. The van der Waals surface area contributed by atoms with Crippen LogP contribution in [-0.2, 0) is 12.8 Å². The molecule has 1 aromatic carbocycles. The van der Waals surface area contributed by atoms with Gasteiger partial charge in [-0.25, -0.2) is 0 Å².